The summed E-state index contributed by atoms with van der Waals surface area (Å²) in [5, 5.41) is 7.20. The minimum atomic E-state index is -0.102. The lowest BCUT2D eigenvalue weighted by Crippen LogP contribution is -2.37. The largest absolute Gasteiger partial charge is 0.378 e. The molecule has 8 heteroatoms. The Morgan fingerprint density at radius 2 is 2.15 bits per heavy atom. The van der Waals surface area contributed by atoms with Crippen molar-refractivity contribution < 1.29 is 9.53 Å². The number of anilines is 1. The molecule has 1 amide bonds. The molecule has 0 bridgehead atoms. The van der Waals surface area contributed by atoms with E-state index in [2.05, 4.69) is 19.9 Å². The number of imidazole rings is 1. The van der Waals surface area contributed by atoms with Crippen LogP contribution in [0.2, 0.25) is 0 Å². The first-order chi connectivity index (χ1) is 13.1. The molecule has 1 saturated heterocycles. The molecular formula is C19H24N6O2. The Labute approximate surface area is 157 Å². The molecule has 1 aliphatic heterocycles. The zero-order valence-corrected chi connectivity index (χ0v) is 15.6. The van der Waals surface area contributed by atoms with Crippen LogP contribution in [0.1, 0.15) is 17.3 Å². The highest BCUT2D eigenvalue weighted by Gasteiger charge is 2.19. The molecule has 0 aliphatic carbocycles. The smallest absolute Gasteiger partial charge is 0.251 e. The highest BCUT2D eigenvalue weighted by molar-refractivity contribution is 5.97. The van der Waals surface area contributed by atoms with E-state index in [9.17, 15) is 4.79 Å². The van der Waals surface area contributed by atoms with Crippen LogP contribution in [0.4, 0.5) is 5.95 Å². The Morgan fingerprint density at radius 1 is 1.33 bits per heavy atom. The number of rotatable bonds is 5. The molecule has 0 unspecified atom stereocenters. The SMILES string of the molecule is C[C@@H](Cn1cccn1)NC(=O)c1ccc2c(c1)nc(N1CCOCC1)n2C. The number of aryl methyl sites for hydroxylation is 1. The van der Waals surface area contributed by atoms with E-state index in [1.807, 2.05) is 49.1 Å². The van der Waals surface area contributed by atoms with Gasteiger partial charge in [-0.25, -0.2) is 4.98 Å². The monoisotopic (exact) mass is 368 g/mol. The number of aromatic nitrogens is 4. The van der Waals surface area contributed by atoms with Crippen LogP contribution in [0.15, 0.2) is 36.7 Å². The van der Waals surface area contributed by atoms with Gasteiger partial charge in [0.25, 0.3) is 5.91 Å². The predicted molar refractivity (Wildman–Crippen MR) is 103 cm³/mol. The lowest BCUT2D eigenvalue weighted by atomic mass is 10.1. The molecule has 1 N–H and O–H groups in total. The van der Waals surface area contributed by atoms with Crippen molar-refractivity contribution in [3.8, 4) is 0 Å². The number of benzene rings is 1. The van der Waals surface area contributed by atoms with Gasteiger partial charge in [-0.05, 0) is 31.2 Å². The standard InChI is InChI=1S/C19H24N6O2/c1-14(13-25-7-3-6-20-25)21-18(26)15-4-5-17-16(12-15)22-19(23(17)2)24-8-10-27-11-9-24/h3-7,12,14H,8-11,13H2,1-2H3,(H,21,26)/t14-/m0/s1. The number of fused-ring (bicyclic) bond motifs is 1. The second kappa shape index (κ2) is 7.40. The third-order valence-electron chi connectivity index (χ3n) is 4.81. The van der Waals surface area contributed by atoms with Crippen LogP contribution in [-0.2, 0) is 18.3 Å². The number of hydrogen-bond donors (Lipinski definition) is 1. The van der Waals surface area contributed by atoms with E-state index < -0.39 is 0 Å². The van der Waals surface area contributed by atoms with Gasteiger partial charge in [-0.1, -0.05) is 0 Å². The van der Waals surface area contributed by atoms with Crippen LogP contribution in [0.3, 0.4) is 0 Å². The molecule has 1 aromatic carbocycles. The molecule has 142 valence electrons. The average molecular weight is 368 g/mol. The number of ether oxygens (including phenoxy) is 1. The molecule has 3 aromatic rings. The number of morpholine rings is 1. The van der Waals surface area contributed by atoms with Gasteiger partial charge in [0, 0.05) is 44.1 Å². The van der Waals surface area contributed by atoms with Gasteiger partial charge in [-0.15, -0.1) is 0 Å². The summed E-state index contributed by atoms with van der Waals surface area (Å²) in [7, 11) is 2.01. The third kappa shape index (κ3) is 3.66. The van der Waals surface area contributed by atoms with Gasteiger partial charge in [0.2, 0.25) is 5.95 Å². The fourth-order valence-electron chi connectivity index (χ4n) is 3.42. The second-order valence-corrected chi connectivity index (χ2v) is 6.88. The van der Waals surface area contributed by atoms with Gasteiger partial charge < -0.3 is 19.5 Å². The highest BCUT2D eigenvalue weighted by Crippen LogP contribution is 2.23. The van der Waals surface area contributed by atoms with E-state index in [1.165, 1.54) is 0 Å². The summed E-state index contributed by atoms with van der Waals surface area (Å²) in [4.78, 5) is 19.6. The molecule has 3 heterocycles. The number of nitrogens with one attached hydrogen (secondary N) is 1. The zero-order chi connectivity index (χ0) is 18.8. The first-order valence-corrected chi connectivity index (χ1v) is 9.19. The molecule has 8 nitrogen and oxygen atoms in total. The van der Waals surface area contributed by atoms with E-state index in [-0.39, 0.29) is 11.9 Å². The Balaban J connectivity index is 1.51. The third-order valence-corrected chi connectivity index (χ3v) is 4.81. The van der Waals surface area contributed by atoms with Crippen molar-refractivity contribution in [3.05, 3.63) is 42.2 Å². The average Bonchev–Trinajstić information content (AvgIpc) is 3.30. The molecule has 4 rings (SSSR count). The number of nitrogens with zero attached hydrogens (tertiary/aromatic N) is 5. The Bertz CT molecular complexity index is 927. The summed E-state index contributed by atoms with van der Waals surface area (Å²) in [6.07, 6.45) is 3.62. The van der Waals surface area contributed by atoms with Crippen molar-refractivity contribution in [1.82, 2.24) is 24.6 Å². The van der Waals surface area contributed by atoms with E-state index in [1.54, 1.807) is 6.20 Å². The van der Waals surface area contributed by atoms with Crippen LogP contribution >= 0.6 is 0 Å². The van der Waals surface area contributed by atoms with Crippen molar-refractivity contribution in [1.29, 1.82) is 0 Å². The molecule has 0 radical (unpaired) electrons. The quantitative estimate of drug-likeness (QED) is 0.737. The van der Waals surface area contributed by atoms with E-state index in [0.29, 0.717) is 25.3 Å². The Kier molecular flexibility index (Phi) is 4.81. The Morgan fingerprint density at radius 3 is 2.89 bits per heavy atom. The molecule has 1 atom stereocenters. The fourth-order valence-corrected chi connectivity index (χ4v) is 3.42. The van der Waals surface area contributed by atoms with E-state index >= 15 is 0 Å². The van der Waals surface area contributed by atoms with Crippen molar-refractivity contribution in [3.63, 3.8) is 0 Å². The summed E-state index contributed by atoms with van der Waals surface area (Å²) in [5.41, 5.74) is 2.45. The molecule has 2 aromatic heterocycles. The summed E-state index contributed by atoms with van der Waals surface area (Å²) in [6.45, 7) is 5.68. The molecular weight excluding hydrogens is 344 g/mol. The van der Waals surface area contributed by atoms with E-state index in [0.717, 1.165) is 30.1 Å². The fraction of sp³-hybridized carbons (Fsp3) is 0.421. The first kappa shape index (κ1) is 17.5. The van der Waals surface area contributed by atoms with Crippen LogP contribution in [-0.4, -0.2) is 57.6 Å². The van der Waals surface area contributed by atoms with Gasteiger partial charge in [-0.2, -0.15) is 5.10 Å². The van der Waals surface area contributed by atoms with Crippen LogP contribution in [0.5, 0.6) is 0 Å². The lowest BCUT2D eigenvalue weighted by molar-refractivity contribution is 0.0936. The molecule has 0 spiro atoms. The van der Waals surface area contributed by atoms with Crippen molar-refractivity contribution in [2.75, 3.05) is 31.2 Å². The maximum atomic E-state index is 12.6. The van der Waals surface area contributed by atoms with Gasteiger partial charge in [0.1, 0.15) is 0 Å². The van der Waals surface area contributed by atoms with Crippen molar-refractivity contribution in [2.45, 2.75) is 19.5 Å². The Hall–Kier alpha value is -2.87. The summed E-state index contributed by atoms with van der Waals surface area (Å²) >= 11 is 0. The van der Waals surface area contributed by atoms with Crippen LogP contribution in [0, 0.1) is 0 Å². The number of hydrogen-bond acceptors (Lipinski definition) is 5. The lowest BCUT2D eigenvalue weighted by Gasteiger charge is -2.27. The topological polar surface area (TPSA) is 77.2 Å². The first-order valence-electron chi connectivity index (χ1n) is 9.19. The number of carbonyl (C=O) groups is 1. The molecule has 1 fully saturated rings. The maximum Gasteiger partial charge on any atom is 0.251 e. The molecule has 1 aliphatic rings. The summed E-state index contributed by atoms with van der Waals surface area (Å²) < 4.78 is 9.30. The van der Waals surface area contributed by atoms with Gasteiger partial charge >= 0.3 is 0 Å². The van der Waals surface area contributed by atoms with E-state index in [4.69, 9.17) is 9.72 Å². The van der Waals surface area contributed by atoms with Crippen LogP contribution in [0.25, 0.3) is 11.0 Å². The predicted octanol–water partition coefficient (Wildman–Crippen LogP) is 1.42. The normalized spacial score (nSPS) is 15.9. The number of amides is 1. The zero-order valence-electron chi connectivity index (χ0n) is 15.6. The van der Waals surface area contributed by atoms with Crippen molar-refractivity contribution in [2.24, 2.45) is 7.05 Å². The molecule has 0 saturated carbocycles. The summed E-state index contributed by atoms with van der Waals surface area (Å²) in [5.74, 6) is 0.813. The van der Waals surface area contributed by atoms with Crippen molar-refractivity contribution >= 4 is 22.9 Å². The van der Waals surface area contributed by atoms with Gasteiger partial charge in [0.05, 0.1) is 30.8 Å². The number of carbonyl (C=O) groups excluding carboxylic acids is 1. The van der Waals surface area contributed by atoms with Crippen LogP contribution < -0.4 is 10.2 Å². The minimum Gasteiger partial charge on any atom is -0.378 e. The highest BCUT2D eigenvalue weighted by atomic mass is 16.5. The second-order valence-electron chi connectivity index (χ2n) is 6.88. The van der Waals surface area contributed by atoms with Gasteiger partial charge in [-0.3, -0.25) is 9.48 Å². The maximum absolute atomic E-state index is 12.6. The molecule has 27 heavy (non-hydrogen) atoms. The van der Waals surface area contributed by atoms with Gasteiger partial charge in [0.15, 0.2) is 0 Å². The minimum absolute atomic E-state index is 0.0271. The summed E-state index contributed by atoms with van der Waals surface area (Å²) in [6, 6.07) is 7.51.